The van der Waals surface area contributed by atoms with Crippen LogP contribution in [0.25, 0.3) is 0 Å². The minimum absolute atomic E-state index is 0.184. The summed E-state index contributed by atoms with van der Waals surface area (Å²) >= 11 is 0. The molecular weight excluding hydrogens is 252 g/mol. The standard InChI is InChI=1S/C16H26N2O2/c1-2-3-4-5-6-7-9-12-10-8-11-13-14(12)17-16(20)18-15(13)19/h12H,2-11H2,1H3,(H2,17,18,19,20). The molecular formula is C16H26N2O2. The van der Waals surface area contributed by atoms with E-state index in [1.165, 1.54) is 38.5 Å². The van der Waals surface area contributed by atoms with Crippen molar-refractivity contribution in [2.24, 2.45) is 0 Å². The van der Waals surface area contributed by atoms with Gasteiger partial charge in [0.2, 0.25) is 0 Å². The number of hydrogen-bond acceptors (Lipinski definition) is 2. The van der Waals surface area contributed by atoms with Gasteiger partial charge in [-0.25, -0.2) is 4.79 Å². The lowest BCUT2D eigenvalue weighted by Crippen LogP contribution is -2.31. The highest BCUT2D eigenvalue weighted by atomic mass is 16.2. The molecule has 0 fully saturated rings. The molecule has 4 heteroatoms. The van der Waals surface area contributed by atoms with Gasteiger partial charge in [-0.15, -0.1) is 0 Å². The van der Waals surface area contributed by atoms with Crippen molar-refractivity contribution in [3.05, 3.63) is 32.1 Å². The van der Waals surface area contributed by atoms with E-state index in [9.17, 15) is 9.59 Å². The number of unbranched alkanes of at least 4 members (excludes halogenated alkanes) is 5. The number of rotatable bonds is 7. The van der Waals surface area contributed by atoms with Gasteiger partial charge in [-0.3, -0.25) is 9.78 Å². The molecule has 0 aromatic carbocycles. The fourth-order valence-electron chi connectivity index (χ4n) is 3.26. The van der Waals surface area contributed by atoms with E-state index in [1.54, 1.807) is 0 Å². The molecule has 1 aromatic rings. The van der Waals surface area contributed by atoms with Crippen molar-refractivity contribution in [2.75, 3.05) is 0 Å². The van der Waals surface area contributed by atoms with Crippen molar-refractivity contribution >= 4 is 0 Å². The Morgan fingerprint density at radius 3 is 2.60 bits per heavy atom. The molecule has 0 bridgehead atoms. The van der Waals surface area contributed by atoms with Crippen LogP contribution in [0.3, 0.4) is 0 Å². The van der Waals surface area contributed by atoms with Gasteiger partial charge in [0.05, 0.1) is 0 Å². The summed E-state index contributed by atoms with van der Waals surface area (Å²) in [6.07, 6.45) is 11.8. The van der Waals surface area contributed by atoms with Crippen LogP contribution in [0, 0.1) is 0 Å². The molecule has 1 unspecified atom stereocenters. The topological polar surface area (TPSA) is 65.7 Å². The van der Waals surface area contributed by atoms with E-state index >= 15 is 0 Å². The average molecular weight is 278 g/mol. The highest BCUT2D eigenvalue weighted by Gasteiger charge is 2.23. The van der Waals surface area contributed by atoms with Crippen molar-refractivity contribution in [3.63, 3.8) is 0 Å². The van der Waals surface area contributed by atoms with Crippen LogP contribution in [0.1, 0.15) is 81.9 Å². The minimum Gasteiger partial charge on any atom is -0.311 e. The summed E-state index contributed by atoms with van der Waals surface area (Å²) in [5.41, 5.74) is 1.19. The molecule has 0 saturated heterocycles. The summed E-state index contributed by atoms with van der Waals surface area (Å²) in [4.78, 5) is 28.5. The van der Waals surface area contributed by atoms with Gasteiger partial charge < -0.3 is 4.98 Å². The third kappa shape index (κ3) is 3.84. The van der Waals surface area contributed by atoms with Crippen LogP contribution in [-0.2, 0) is 6.42 Å². The van der Waals surface area contributed by atoms with Crippen LogP contribution in [0.15, 0.2) is 9.59 Å². The molecule has 1 heterocycles. The monoisotopic (exact) mass is 278 g/mol. The Morgan fingerprint density at radius 1 is 1.05 bits per heavy atom. The lowest BCUT2D eigenvalue weighted by atomic mass is 9.84. The SMILES string of the molecule is CCCCCCCCC1CCCc2c1[nH]c(=O)[nH]c2=O. The molecule has 0 aliphatic heterocycles. The van der Waals surface area contributed by atoms with Crippen LogP contribution in [-0.4, -0.2) is 9.97 Å². The summed E-state index contributed by atoms with van der Waals surface area (Å²) in [5, 5.41) is 0. The number of nitrogens with one attached hydrogen (secondary N) is 2. The molecule has 1 atom stereocenters. The Hall–Kier alpha value is -1.32. The van der Waals surface area contributed by atoms with Gasteiger partial charge in [0.15, 0.2) is 0 Å². The highest BCUT2D eigenvalue weighted by Crippen LogP contribution is 2.31. The second kappa shape index (κ2) is 7.46. The molecule has 0 saturated carbocycles. The zero-order valence-electron chi connectivity index (χ0n) is 12.5. The van der Waals surface area contributed by atoms with E-state index in [1.807, 2.05) is 0 Å². The van der Waals surface area contributed by atoms with Gasteiger partial charge in [0.25, 0.3) is 5.56 Å². The van der Waals surface area contributed by atoms with Crippen molar-refractivity contribution in [1.82, 2.24) is 9.97 Å². The van der Waals surface area contributed by atoms with E-state index in [2.05, 4.69) is 16.9 Å². The third-order valence-electron chi connectivity index (χ3n) is 4.37. The Morgan fingerprint density at radius 2 is 1.80 bits per heavy atom. The molecule has 0 radical (unpaired) electrons. The van der Waals surface area contributed by atoms with Gasteiger partial charge in [0, 0.05) is 11.3 Å². The summed E-state index contributed by atoms with van der Waals surface area (Å²) in [6, 6.07) is 0. The number of aromatic amines is 2. The number of hydrogen-bond donors (Lipinski definition) is 2. The number of H-pyrrole nitrogens is 2. The van der Waals surface area contributed by atoms with E-state index in [4.69, 9.17) is 0 Å². The van der Waals surface area contributed by atoms with Gasteiger partial charge in [-0.05, 0) is 31.6 Å². The molecule has 2 N–H and O–H groups in total. The summed E-state index contributed by atoms with van der Waals surface area (Å²) in [5.74, 6) is 0.375. The van der Waals surface area contributed by atoms with Crippen molar-refractivity contribution in [1.29, 1.82) is 0 Å². The predicted octanol–water partition coefficient (Wildman–Crippen LogP) is 3.23. The van der Waals surface area contributed by atoms with Crippen LogP contribution in [0.4, 0.5) is 0 Å². The molecule has 4 nitrogen and oxygen atoms in total. The molecule has 0 spiro atoms. The molecule has 2 rings (SSSR count). The van der Waals surface area contributed by atoms with E-state index < -0.39 is 0 Å². The maximum absolute atomic E-state index is 11.8. The van der Waals surface area contributed by atoms with Gasteiger partial charge in [-0.2, -0.15) is 0 Å². The lowest BCUT2D eigenvalue weighted by molar-refractivity contribution is 0.469. The molecule has 1 aliphatic carbocycles. The molecule has 112 valence electrons. The minimum atomic E-state index is -0.358. The second-order valence-corrected chi connectivity index (χ2v) is 5.95. The zero-order valence-corrected chi connectivity index (χ0v) is 12.5. The molecule has 0 amide bonds. The van der Waals surface area contributed by atoms with Gasteiger partial charge >= 0.3 is 5.69 Å². The van der Waals surface area contributed by atoms with Crippen LogP contribution in [0.5, 0.6) is 0 Å². The Labute approximate surface area is 120 Å². The van der Waals surface area contributed by atoms with E-state index in [0.29, 0.717) is 5.92 Å². The van der Waals surface area contributed by atoms with Crippen LogP contribution >= 0.6 is 0 Å². The van der Waals surface area contributed by atoms with Crippen LogP contribution < -0.4 is 11.2 Å². The zero-order chi connectivity index (χ0) is 14.4. The van der Waals surface area contributed by atoms with Gasteiger partial charge in [-0.1, -0.05) is 45.4 Å². The molecule has 1 aromatic heterocycles. The second-order valence-electron chi connectivity index (χ2n) is 5.95. The Bertz CT molecular complexity index is 530. The average Bonchev–Trinajstić information content (AvgIpc) is 2.43. The summed E-state index contributed by atoms with van der Waals surface area (Å²) in [7, 11) is 0. The van der Waals surface area contributed by atoms with Crippen molar-refractivity contribution in [3.8, 4) is 0 Å². The molecule has 20 heavy (non-hydrogen) atoms. The maximum atomic E-state index is 11.8. The van der Waals surface area contributed by atoms with Crippen LogP contribution in [0.2, 0.25) is 0 Å². The number of aromatic nitrogens is 2. The first-order valence-electron chi connectivity index (χ1n) is 8.07. The summed E-state index contributed by atoms with van der Waals surface area (Å²) in [6.45, 7) is 2.23. The van der Waals surface area contributed by atoms with Gasteiger partial charge in [0.1, 0.15) is 0 Å². The highest BCUT2D eigenvalue weighted by molar-refractivity contribution is 5.23. The Kier molecular flexibility index (Phi) is 5.62. The maximum Gasteiger partial charge on any atom is 0.325 e. The predicted molar refractivity (Wildman–Crippen MR) is 81.4 cm³/mol. The normalized spacial score (nSPS) is 17.9. The van der Waals surface area contributed by atoms with Crippen molar-refractivity contribution < 1.29 is 0 Å². The lowest BCUT2D eigenvalue weighted by Gasteiger charge is -2.23. The van der Waals surface area contributed by atoms with E-state index in [-0.39, 0.29) is 11.2 Å². The van der Waals surface area contributed by atoms with E-state index in [0.717, 1.165) is 36.9 Å². The van der Waals surface area contributed by atoms with Crippen molar-refractivity contribution in [2.45, 2.75) is 77.0 Å². The fraction of sp³-hybridized carbons (Fsp3) is 0.750. The fourth-order valence-corrected chi connectivity index (χ4v) is 3.26. The Balaban J connectivity index is 1.92. The first-order chi connectivity index (χ1) is 9.72. The first kappa shape index (κ1) is 15.1. The largest absolute Gasteiger partial charge is 0.325 e. The third-order valence-corrected chi connectivity index (χ3v) is 4.37. The smallest absolute Gasteiger partial charge is 0.311 e. The quantitative estimate of drug-likeness (QED) is 0.752. The number of fused-ring (bicyclic) bond motifs is 1. The first-order valence-corrected chi connectivity index (χ1v) is 8.07. The molecule has 1 aliphatic rings. The summed E-state index contributed by atoms with van der Waals surface area (Å²) < 4.78 is 0.